The molecule has 1 fully saturated rings. The van der Waals surface area contributed by atoms with Crippen molar-refractivity contribution in [1.82, 2.24) is 10.2 Å². The second-order valence-electron chi connectivity index (χ2n) is 8.85. The third-order valence-electron chi connectivity index (χ3n) is 5.13. The fourth-order valence-corrected chi connectivity index (χ4v) is 4.29. The number of nitrogens with zero attached hydrogens (tertiary/aromatic N) is 1. The summed E-state index contributed by atoms with van der Waals surface area (Å²) in [6, 6.07) is 17.6. The normalized spacial score (nSPS) is 18.4. The predicted molar refractivity (Wildman–Crippen MR) is 127 cm³/mol. The minimum atomic E-state index is -0.984. The first-order valence-electron chi connectivity index (χ1n) is 10.7. The van der Waals surface area contributed by atoms with Gasteiger partial charge in [-0.3, -0.25) is 9.11 Å². The van der Waals surface area contributed by atoms with Gasteiger partial charge < -0.3 is 15.4 Å². The summed E-state index contributed by atoms with van der Waals surface area (Å²) in [6.07, 6.45) is -0.0382. The van der Waals surface area contributed by atoms with Crippen molar-refractivity contribution in [3.63, 3.8) is 0 Å². The van der Waals surface area contributed by atoms with Gasteiger partial charge in [-0.05, 0) is 44.0 Å². The summed E-state index contributed by atoms with van der Waals surface area (Å²) in [7, 11) is -0.984. The topological polar surface area (TPSA) is 70.7 Å². The number of urea groups is 1. The molecule has 7 heteroatoms. The number of benzene rings is 2. The van der Waals surface area contributed by atoms with Crippen LogP contribution >= 0.6 is 0 Å². The molecule has 2 amide bonds. The lowest BCUT2D eigenvalue weighted by Crippen LogP contribution is -2.47. The number of hydrogen-bond acceptors (Lipinski definition) is 4. The highest BCUT2D eigenvalue weighted by atomic mass is 32.2. The van der Waals surface area contributed by atoms with E-state index < -0.39 is 10.8 Å². The van der Waals surface area contributed by atoms with Crippen molar-refractivity contribution < 1.29 is 13.7 Å². The average Bonchev–Trinajstić information content (AvgIpc) is 2.73. The van der Waals surface area contributed by atoms with Gasteiger partial charge in [0.1, 0.15) is 0 Å². The second-order valence-corrected chi connectivity index (χ2v) is 11.1. The summed E-state index contributed by atoms with van der Waals surface area (Å²) in [5.41, 5.74) is 2.91. The third kappa shape index (κ3) is 7.76. The molecule has 6 nitrogen and oxygen atoms in total. The van der Waals surface area contributed by atoms with Gasteiger partial charge in [0.25, 0.3) is 0 Å². The smallest absolute Gasteiger partial charge is 0.319 e. The Bertz CT molecular complexity index is 883. The number of amides is 2. The molecule has 1 heterocycles. The van der Waals surface area contributed by atoms with Crippen LogP contribution in [0.5, 0.6) is 0 Å². The first kappa shape index (κ1) is 23.4. The van der Waals surface area contributed by atoms with Gasteiger partial charge in [0.15, 0.2) is 0 Å². The fourth-order valence-electron chi connectivity index (χ4n) is 3.38. The maximum Gasteiger partial charge on any atom is 0.319 e. The highest BCUT2D eigenvalue weighted by Gasteiger charge is 2.21. The van der Waals surface area contributed by atoms with Crippen LogP contribution in [0.25, 0.3) is 0 Å². The Morgan fingerprint density at radius 3 is 2.61 bits per heavy atom. The van der Waals surface area contributed by atoms with Crippen LogP contribution in [-0.2, 0) is 27.8 Å². The van der Waals surface area contributed by atoms with Crippen LogP contribution in [0.1, 0.15) is 31.9 Å². The Labute approximate surface area is 187 Å². The van der Waals surface area contributed by atoms with Gasteiger partial charge in [-0.25, -0.2) is 4.79 Å². The number of anilines is 1. The fraction of sp³-hybridized carbons (Fsp3) is 0.458. The molecule has 2 atom stereocenters. The quantitative estimate of drug-likeness (QED) is 0.684. The van der Waals surface area contributed by atoms with E-state index in [1.807, 2.05) is 51.1 Å². The lowest BCUT2D eigenvalue weighted by Gasteiger charge is -2.33. The molecule has 0 saturated carbocycles. The van der Waals surface area contributed by atoms with Gasteiger partial charge in [-0.1, -0.05) is 42.5 Å². The zero-order chi connectivity index (χ0) is 22.3. The molecule has 31 heavy (non-hydrogen) atoms. The van der Waals surface area contributed by atoms with E-state index in [4.69, 9.17) is 4.74 Å². The Morgan fingerprint density at radius 2 is 1.87 bits per heavy atom. The van der Waals surface area contributed by atoms with Crippen LogP contribution in [0, 0.1) is 0 Å². The first-order chi connectivity index (χ1) is 14.8. The van der Waals surface area contributed by atoms with Crippen LogP contribution < -0.4 is 10.6 Å². The molecule has 3 rings (SSSR count). The molecule has 2 aromatic rings. The summed E-state index contributed by atoms with van der Waals surface area (Å²) in [4.78, 5) is 14.7. The lowest BCUT2D eigenvalue weighted by molar-refractivity contribution is -0.0285. The largest absolute Gasteiger partial charge is 0.374 e. The molecule has 2 aromatic carbocycles. The molecule has 1 saturated heterocycles. The molecule has 2 N–H and O–H groups in total. The third-order valence-corrected chi connectivity index (χ3v) is 7.09. The Kier molecular flexibility index (Phi) is 8.23. The zero-order valence-electron chi connectivity index (χ0n) is 18.6. The van der Waals surface area contributed by atoms with E-state index in [-0.39, 0.29) is 16.9 Å². The number of hydrogen-bond donors (Lipinski definition) is 2. The summed E-state index contributed by atoms with van der Waals surface area (Å²) in [6.45, 7) is 9.56. The summed E-state index contributed by atoms with van der Waals surface area (Å²) in [5, 5.41) is 5.77. The van der Waals surface area contributed by atoms with E-state index in [0.717, 1.165) is 25.2 Å². The van der Waals surface area contributed by atoms with Crippen LogP contribution in [0.2, 0.25) is 0 Å². The van der Waals surface area contributed by atoms with Crippen molar-refractivity contribution in [1.29, 1.82) is 0 Å². The van der Waals surface area contributed by atoms with Crippen molar-refractivity contribution >= 4 is 22.5 Å². The van der Waals surface area contributed by atoms with E-state index in [9.17, 15) is 9.00 Å². The van der Waals surface area contributed by atoms with Gasteiger partial charge >= 0.3 is 6.03 Å². The van der Waals surface area contributed by atoms with Gasteiger partial charge in [0, 0.05) is 53.2 Å². The maximum absolute atomic E-state index is 12.4. The van der Waals surface area contributed by atoms with Crippen LogP contribution in [0.4, 0.5) is 10.5 Å². The molecule has 0 bridgehead atoms. The van der Waals surface area contributed by atoms with Crippen molar-refractivity contribution in [2.45, 2.75) is 43.9 Å². The number of carbonyl (C=O) groups is 1. The van der Waals surface area contributed by atoms with E-state index in [0.29, 0.717) is 24.6 Å². The predicted octanol–water partition coefficient (Wildman–Crippen LogP) is 3.76. The number of nitrogens with one attached hydrogen (secondary N) is 2. The highest BCUT2D eigenvalue weighted by molar-refractivity contribution is 7.85. The molecular weight excluding hydrogens is 410 g/mol. The van der Waals surface area contributed by atoms with Crippen molar-refractivity contribution in [2.24, 2.45) is 0 Å². The monoisotopic (exact) mass is 443 g/mol. The first-order valence-corrected chi connectivity index (χ1v) is 12.0. The standard InChI is InChI=1S/C24H33N3O3S/c1-24(2,3)31(29)18-20-10-7-11-21(14-20)26-23(28)25-15-22-17-27(12-13-30-22)16-19-8-5-4-6-9-19/h4-11,14,22H,12-13,15-18H2,1-3H3,(H2,25,26,28). The van der Waals surface area contributed by atoms with Gasteiger partial charge in [-0.15, -0.1) is 0 Å². The second kappa shape index (κ2) is 10.9. The molecule has 0 aliphatic carbocycles. The van der Waals surface area contributed by atoms with E-state index in [2.05, 4.69) is 39.8 Å². The minimum absolute atomic E-state index is 0.0382. The molecule has 2 unspecified atom stereocenters. The average molecular weight is 444 g/mol. The van der Waals surface area contributed by atoms with Crippen molar-refractivity contribution in [3.05, 3.63) is 65.7 Å². The Hall–Kier alpha value is -2.22. The summed E-state index contributed by atoms with van der Waals surface area (Å²) < 4.78 is 17.9. The van der Waals surface area contributed by atoms with Crippen LogP contribution in [-0.4, -0.2) is 52.2 Å². The molecule has 0 aromatic heterocycles. The number of carbonyl (C=O) groups excluding carboxylic acids is 1. The number of ether oxygens (including phenoxy) is 1. The molecule has 168 valence electrons. The van der Waals surface area contributed by atoms with Gasteiger partial charge in [0.2, 0.25) is 0 Å². The number of rotatable bonds is 7. The van der Waals surface area contributed by atoms with Crippen molar-refractivity contribution in [3.8, 4) is 0 Å². The molecule has 0 radical (unpaired) electrons. The lowest BCUT2D eigenvalue weighted by atomic mass is 10.2. The van der Waals surface area contributed by atoms with E-state index >= 15 is 0 Å². The van der Waals surface area contributed by atoms with Crippen molar-refractivity contribution in [2.75, 3.05) is 31.6 Å². The SMILES string of the molecule is CC(C)(C)S(=O)Cc1cccc(NC(=O)NCC2CN(Cc3ccccc3)CCO2)c1. The zero-order valence-corrected chi connectivity index (χ0v) is 19.4. The van der Waals surface area contributed by atoms with E-state index in [1.54, 1.807) is 0 Å². The highest BCUT2D eigenvalue weighted by Crippen LogP contribution is 2.18. The van der Waals surface area contributed by atoms with Crippen LogP contribution in [0.15, 0.2) is 54.6 Å². The summed E-state index contributed by atoms with van der Waals surface area (Å²) >= 11 is 0. The number of morpholine rings is 1. The van der Waals surface area contributed by atoms with Gasteiger partial charge in [-0.2, -0.15) is 0 Å². The summed E-state index contributed by atoms with van der Waals surface area (Å²) in [5.74, 6) is 0.466. The molecule has 1 aliphatic rings. The van der Waals surface area contributed by atoms with E-state index in [1.165, 1.54) is 5.56 Å². The molecule has 0 spiro atoms. The maximum atomic E-state index is 12.4. The Morgan fingerprint density at radius 1 is 1.13 bits per heavy atom. The molecule has 1 aliphatic heterocycles. The van der Waals surface area contributed by atoms with Gasteiger partial charge in [0.05, 0.1) is 12.7 Å². The van der Waals surface area contributed by atoms with Crippen LogP contribution in [0.3, 0.4) is 0 Å². The molecular formula is C24H33N3O3S. The minimum Gasteiger partial charge on any atom is -0.374 e. The Balaban J connectivity index is 1.45.